The summed E-state index contributed by atoms with van der Waals surface area (Å²) in [6, 6.07) is 0. The number of allylic oxidation sites excluding steroid dienone is 4. The first-order valence-electron chi connectivity index (χ1n) is 15.7. The average Bonchev–Trinajstić information content (AvgIpc) is 3.45. The summed E-state index contributed by atoms with van der Waals surface area (Å²) in [5, 5.41) is 10.7. The van der Waals surface area contributed by atoms with Gasteiger partial charge in [-0.2, -0.15) is 0 Å². The van der Waals surface area contributed by atoms with E-state index in [0.29, 0.717) is 24.2 Å². The zero-order valence-electron chi connectivity index (χ0n) is 25.6. The average molecular weight is 419 g/mol. The molecule has 0 spiro atoms. The van der Waals surface area contributed by atoms with Crippen LogP contribution >= 0.6 is 0 Å². The number of rotatable bonds is 6. The molecule has 4 aliphatic carbocycles. The Morgan fingerprint density at radius 1 is 1.07 bits per heavy atom. The Bertz CT molecular complexity index is 850. The van der Waals surface area contributed by atoms with Crippen molar-refractivity contribution < 1.29 is 13.3 Å². The van der Waals surface area contributed by atoms with E-state index < -0.39 is 19.3 Å². The van der Waals surface area contributed by atoms with Crippen molar-refractivity contribution in [2.75, 3.05) is 0 Å². The molecule has 0 bridgehead atoms. The maximum atomic E-state index is 10.7. The van der Waals surface area contributed by atoms with E-state index in [-0.39, 0.29) is 17.3 Å². The predicted molar refractivity (Wildman–Crippen MR) is 128 cm³/mol. The Balaban J connectivity index is 1.46. The van der Waals surface area contributed by atoms with E-state index in [1.807, 2.05) is 0 Å². The predicted octanol–water partition coefficient (Wildman–Crippen LogP) is 8.23. The number of hydrogen-bond donors (Lipinski definition) is 1. The second kappa shape index (κ2) is 8.42. The summed E-state index contributed by atoms with van der Waals surface area (Å²) in [6.45, 7) is 1.43. The van der Waals surface area contributed by atoms with Crippen molar-refractivity contribution >= 4 is 0 Å². The third kappa shape index (κ3) is 4.62. The molecule has 3 unspecified atom stereocenters. The third-order valence-electron chi connectivity index (χ3n) is 9.63. The van der Waals surface area contributed by atoms with Crippen LogP contribution in [0.3, 0.4) is 0 Å². The van der Waals surface area contributed by atoms with Gasteiger partial charge in [-0.25, -0.2) is 0 Å². The van der Waals surface area contributed by atoms with Crippen molar-refractivity contribution in [3.05, 3.63) is 23.3 Å². The summed E-state index contributed by atoms with van der Waals surface area (Å²) in [7, 11) is 0. The highest BCUT2D eigenvalue weighted by atomic mass is 16.3. The molecule has 170 valence electrons. The van der Waals surface area contributed by atoms with Crippen molar-refractivity contribution in [2.24, 2.45) is 34.5 Å². The minimum absolute atomic E-state index is 0.191. The standard InChI is InChI=1S/C29H48O/c1-21-9-10-22(2)24(20-21)12-11-23-8-6-16-28(5)25(23)13-14-26(28)29(18-19-29)17-7-15-27(3,4)30/h11-12,21-22,25-26,30H,6-10,13-20H2,1-5H3/b23-11+,24-12-/t21?,22?,25-,26?,28-/m0/s1/i3D3,4D3. The van der Waals surface area contributed by atoms with Gasteiger partial charge in [-0.1, -0.05) is 50.5 Å². The summed E-state index contributed by atoms with van der Waals surface area (Å²) < 4.78 is 46.1. The van der Waals surface area contributed by atoms with Crippen molar-refractivity contribution in [3.8, 4) is 0 Å². The largest absolute Gasteiger partial charge is 0.390 e. The Kier molecular flexibility index (Phi) is 4.52. The second-order valence-electron chi connectivity index (χ2n) is 11.9. The van der Waals surface area contributed by atoms with Gasteiger partial charge in [-0.15, -0.1) is 0 Å². The molecule has 4 saturated carbocycles. The quantitative estimate of drug-likeness (QED) is 0.460. The molecule has 1 nitrogen and oxygen atoms in total. The van der Waals surface area contributed by atoms with Gasteiger partial charge in [0.15, 0.2) is 0 Å². The molecule has 0 aromatic rings. The molecule has 1 N–H and O–H groups in total. The number of fused-ring (bicyclic) bond motifs is 1. The van der Waals surface area contributed by atoms with Crippen molar-refractivity contribution in [1.29, 1.82) is 0 Å². The maximum absolute atomic E-state index is 10.7. The fourth-order valence-electron chi connectivity index (χ4n) is 7.75. The van der Waals surface area contributed by atoms with Crippen LogP contribution in [0.15, 0.2) is 23.3 Å². The molecule has 4 fully saturated rings. The van der Waals surface area contributed by atoms with Gasteiger partial charge in [0.25, 0.3) is 0 Å². The lowest BCUT2D eigenvalue weighted by Gasteiger charge is -2.45. The molecule has 0 amide bonds. The van der Waals surface area contributed by atoms with E-state index in [9.17, 15) is 5.11 Å². The highest BCUT2D eigenvalue weighted by Gasteiger charge is 2.60. The van der Waals surface area contributed by atoms with Crippen LogP contribution in [0, 0.1) is 34.5 Å². The van der Waals surface area contributed by atoms with E-state index in [0.717, 1.165) is 25.2 Å². The SMILES string of the molecule is [2H]C([2H])([2H])C(O)(CCCC1(C2CC[C@H]3/C(=C/C=C4/CC(C)CCC4C)CCC[C@]23C)CC1)C([2H])([2H])[2H]. The van der Waals surface area contributed by atoms with Crippen LogP contribution in [0.2, 0.25) is 0 Å². The lowest BCUT2D eigenvalue weighted by atomic mass is 9.59. The summed E-state index contributed by atoms with van der Waals surface area (Å²) >= 11 is 0. The zero-order chi connectivity index (χ0) is 26.6. The topological polar surface area (TPSA) is 20.2 Å². The Hall–Kier alpha value is -0.560. The van der Waals surface area contributed by atoms with Crippen molar-refractivity contribution in [1.82, 2.24) is 0 Å². The van der Waals surface area contributed by atoms with E-state index in [2.05, 4.69) is 32.9 Å². The van der Waals surface area contributed by atoms with Gasteiger partial charge >= 0.3 is 0 Å². The maximum Gasteiger partial charge on any atom is 0.0591 e. The minimum Gasteiger partial charge on any atom is -0.390 e. The molecule has 0 aromatic heterocycles. The first-order chi connectivity index (χ1) is 16.6. The van der Waals surface area contributed by atoms with Crippen molar-refractivity contribution in [2.45, 2.75) is 124 Å². The second-order valence-corrected chi connectivity index (χ2v) is 11.9. The van der Waals surface area contributed by atoms with Gasteiger partial charge in [-0.05, 0) is 125 Å². The molecule has 4 aliphatic rings. The fourth-order valence-corrected chi connectivity index (χ4v) is 7.75. The molecule has 30 heavy (non-hydrogen) atoms. The molecular weight excluding hydrogens is 364 g/mol. The highest BCUT2D eigenvalue weighted by Crippen LogP contribution is 2.70. The summed E-state index contributed by atoms with van der Waals surface area (Å²) in [6.07, 6.45) is 18.4. The summed E-state index contributed by atoms with van der Waals surface area (Å²) in [5.74, 6) is 2.72. The first kappa shape index (κ1) is 16.1. The van der Waals surface area contributed by atoms with Crippen LogP contribution in [-0.2, 0) is 0 Å². The molecule has 4 rings (SSSR count). The van der Waals surface area contributed by atoms with Crippen LogP contribution in [0.25, 0.3) is 0 Å². The molecule has 5 atom stereocenters. The van der Waals surface area contributed by atoms with Gasteiger partial charge in [0, 0.05) is 8.22 Å². The van der Waals surface area contributed by atoms with Gasteiger partial charge in [0.05, 0.1) is 5.60 Å². The van der Waals surface area contributed by atoms with E-state index in [4.69, 9.17) is 8.22 Å². The first-order valence-corrected chi connectivity index (χ1v) is 12.7. The molecule has 0 radical (unpaired) electrons. The summed E-state index contributed by atoms with van der Waals surface area (Å²) in [5.41, 5.74) is 1.11. The molecule has 0 heterocycles. The van der Waals surface area contributed by atoms with Gasteiger partial charge in [-0.3, -0.25) is 0 Å². The number of aliphatic hydroxyl groups is 1. The van der Waals surface area contributed by atoms with Gasteiger partial charge in [0.1, 0.15) is 0 Å². The Morgan fingerprint density at radius 2 is 1.83 bits per heavy atom. The molecular formula is C29H48O. The van der Waals surface area contributed by atoms with Crippen molar-refractivity contribution in [3.63, 3.8) is 0 Å². The molecule has 0 aromatic carbocycles. The van der Waals surface area contributed by atoms with E-state index in [1.165, 1.54) is 51.4 Å². The van der Waals surface area contributed by atoms with Crippen LogP contribution in [0.1, 0.15) is 126 Å². The highest BCUT2D eigenvalue weighted by molar-refractivity contribution is 5.27. The molecule has 1 heteroatoms. The van der Waals surface area contributed by atoms with Crippen LogP contribution < -0.4 is 0 Å². The van der Waals surface area contributed by atoms with E-state index in [1.54, 1.807) is 11.1 Å². The van der Waals surface area contributed by atoms with E-state index >= 15 is 0 Å². The zero-order valence-corrected chi connectivity index (χ0v) is 19.6. The third-order valence-corrected chi connectivity index (χ3v) is 9.63. The minimum atomic E-state index is -2.91. The Labute approximate surface area is 195 Å². The van der Waals surface area contributed by atoms with Gasteiger partial charge in [0.2, 0.25) is 0 Å². The molecule has 0 aliphatic heterocycles. The normalized spacial score (nSPS) is 45.1. The number of hydrogen-bond acceptors (Lipinski definition) is 1. The smallest absolute Gasteiger partial charge is 0.0591 e. The molecule has 0 saturated heterocycles. The van der Waals surface area contributed by atoms with Crippen LogP contribution in [-0.4, -0.2) is 10.7 Å². The fraction of sp³-hybridized carbons (Fsp3) is 0.862. The van der Waals surface area contributed by atoms with Crippen LogP contribution in [0.4, 0.5) is 0 Å². The van der Waals surface area contributed by atoms with Gasteiger partial charge < -0.3 is 5.11 Å². The summed E-state index contributed by atoms with van der Waals surface area (Å²) in [4.78, 5) is 0. The lowest BCUT2D eigenvalue weighted by molar-refractivity contribution is 0.0521. The Morgan fingerprint density at radius 3 is 2.57 bits per heavy atom. The lowest BCUT2D eigenvalue weighted by Crippen LogP contribution is -2.37. The monoisotopic (exact) mass is 418 g/mol. The van der Waals surface area contributed by atoms with Crippen LogP contribution in [0.5, 0.6) is 0 Å².